The van der Waals surface area contributed by atoms with Crippen LogP contribution in [0, 0.1) is 0 Å². The van der Waals surface area contributed by atoms with Gasteiger partial charge in [0, 0.05) is 5.92 Å². The molecule has 33 heavy (non-hydrogen) atoms. The van der Waals surface area contributed by atoms with E-state index in [4.69, 9.17) is 4.74 Å². The van der Waals surface area contributed by atoms with Gasteiger partial charge in [0.15, 0.2) is 0 Å². The van der Waals surface area contributed by atoms with Crippen molar-refractivity contribution in [3.05, 3.63) is 95.6 Å². The highest BCUT2D eigenvalue weighted by atomic mass is 32.2. The number of carbonyl (C=O) groups excluding carboxylic acids is 1. The van der Waals surface area contributed by atoms with Gasteiger partial charge in [0.25, 0.3) is 0 Å². The summed E-state index contributed by atoms with van der Waals surface area (Å²) in [6, 6.07) is 24.1. The number of esters is 1. The van der Waals surface area contributed by atoms with Crippen LogP contribution in [0.15, 0.2) is 78.9 Å². The number of sulfonamides is 1. The van der Waals surface area contributed by atoms with Crippen molar-refractivity contribution in [2.24, 2.45) is 0 Å². The van der Waals surface area contributed by atoms with Crippen LogP contribution in [0.3, 0.4) is 0 Å². The van der Waals surface area contributed by atoms with E-state index in [0.29, 0.717) is 0 Å². The Morgan fingerprint density at radius 3 is 1.94 bits per heavy atom. The zero-order valence-electron chi connectivity index (χ0n) is 19.1. The maximum absolute atomic E-state index is 13.4. The molecule has 1 aliphatic rings. The van der Waals surface area contributed by atoms with Gasteiger partial charge < -0.3 is 4.74 Å². The molecule has 0 saturated carbocycles. The van der Waals surface area contributed by atoms with Crippen molar-refractivity contribution < 1.29 is 17.9 Å². The molecule has 0 aliphatic heterocycles. The molecule has 3 aromatic carbocycles. The molecule has 5 nitrogen and oxygen atoms in total. The number of nitrogens with one attached hydrogen (secondary N) is 1. The quantitative estimate of drug-likeness (QED) is 0.517. The van der Waals surface area contributed by atoms with Crippen molar-refractivity contribution in [3.8, 4) is 11.1 Å². The third-order valence-corrected chi connectivity index (χ3v) is 7.06. The average Bonchev–Trinajstić information content (AvgIpc) is 3.06. The van der Waals surface area contributed by atoms with E-state index in [1.54, 1.807) is 20.8 Å². The zero-order chi connectivity index (χ0) is 23.6. The molecule has 0 aromatic heterocycles. The number of hydrogen-bond donors (Lipinski definition) is 1. The number of fused-ring (bicyclic) bond motifs is 3. The summed E-state index contributed by atoms with van der Waals surface area (Å²) in [4.78, 5) is 12.9. The molecule has 4 rings (SSSR count). The fourth-order valence-electron chi connectivity index (χ4n) is 4.32. The lowest BCUT2D eigenvalue weighted by molar-refractivity contribution is -0.156. The first-order chi connectivity index (χ1) is 15.6. The Hall–Kier alpha value is -2.96. The molecule has 0 radical (unpaired) electrons. The minimum Gasteiger partial charge on any atom is -0.459 e. The predicted molar refractivity (Wildman–Crippen MR) is 130 cm³/mol. The average molecular weight is 464 g/mol. The lowest BCUT2D eigenvalue weighted by Gasteiger charge is -2.25. The van der Waals surface area contributed by atoms with Crippen LogP contribution in [-0.4, -0.2) is 31.8 Å². The van der Waals surface area contributed by atoms with E-state index < -0.39 is 27.6 Å². The standard InChI is InChI=1S/C27H29NO4S/c1-27(2,3)32-26(29)25(17-19-11-5-4-6-12-19)28-33(30,31)18-24-22-15-9-7-13-20(22)21-14-8-10-16-23(21)24/h4-16,24-25,28H,17-18H2,1-3H3/t25-/m0/s1. The topological polar surface area (TPSA) is 72.5 Å². The highest BCUT2D eigenvalue weighted by Gasteiger charge is 2.35. The van der Waals surface area contributed by atoms with Crippen molar-refractivity contribution in [2.75, 3.05) is 5.75 Å². The Labute approximate surface area is 195 Å². The first-order valence-electron chi connectivity index (χ1n) is 11.1. The Morgan fingerprint density at radius 1 is 0.879 bits per heavy atom. The molecule has 0 saturated heterocycles. The van der Waals surface area contributed by atoms with E-state index >= 15 is 0 Å². The first kappa shape index (κ1) is 23.2. The number of carbonyl (C=O) groups is 1. The van der Waals surface area contributed by atoms with Gasteiger partial charge in [0.05, 0.1) is 5.75 Å². The summed E-state index contributed by atoms with van der Waals surface area (Å²) < 4.78 is 34.9. The van der Waals surface area contributed by atoms with Crippen LogP contribution in [-0.2, 0) is 26.0 Å². The highest BCUT2D eigenvalue weighted by molar-refractivity contribution is 7.89. The third-order valence-electron chi connectivity index (χ3n) is 5.64. The van der Waals surface area contributed by atoms with Gasteiger partial charge in [-0.05, 0) is 55.0 Å². The van der Waals surface area contributed by atoms with Gasteiger partial charge in [-0.3, -0.25) is 4.79 Å². The van der Waals surface area contributed by atoms with E-state index in [9.17, 15) is 13.2 Å². The second kappa shape index (κ2) is 9.12. The summed E-state index contributed by atoms with van der Waals surface area (Å²) in [7, 11) is -3.82. The smallest absolute Gasteiger partial charge is 0.325 e. The van der Waals surface area contributed by atoms with Crippen molar-refractivity contribution in [3.63, 3.8) is 0 Å². The minimum atomic E-state index is -3.82. The van der Waals surface area contributed by atoms with E-state index in [1.165, 1.54) is 0 Å². The van der Waals surface area contributed by atoms with Gasteiger partial charge >= 0.3 is 5.97 Å². The van der Waals surface area contributed by atoms with E-state index in [-0.39, 0.29) is 18.1 Å². The summed E-state index contributed by atoms with van der Waals surface area (Å²) in [5.74, 6) is -1.03. The van der Waals surface area contributed by atoms with Crippen molar-refractivity contribution in [1.29, 1.82) is 0 Å². The van der Waals surface area contributed by atoms with Crippen LogP contribution in [0.5, 0.6) is 0 Å². The summed E-state index contributed by atoms with van der Waals surface area (Å²) in [5.41, 5.74) is 4.22. The molecule has 1 aliphatic carbocycles. The molecule has 172 valence electrons. The van der Waals surface area contributed by atoms with Gasteiger partial charge in [-0.2, -0.15) is 0 Å². The van der Waals surface area contributed by atoms with Crippen LogP contribution in [0.25, 0.3) is 11.1 Å². The lowest BCUT2D eigenvalue weighted by Crippen LogP contribution is -2.46. The molecular formula is C27H29NO4S. The SMILES string of the molecule is CC(C)(C)OC(=O)[C@H](Cc1ccccc1)NS(=O)(=O)CC1c2ccccc2-c2ccccc21. The summed E-state index contributed by atoms with van der Waals surface area (Å²) in [6.45, 7) is 5.31. The maximum atomic E-state index is 13.4. The molecule has 0 spiro atoms. The van der Waals surface area contributed by atoms with E-state index in [0.717, 1.165) is 27.8 Å². The molecule has 0 fully saturated rings. The second-order valence-electron chi connectivity index (χ2n) is 9.40. The Balaban J connectivity index is 1.60. The van der Waals surface area contributed by atoms with E-state index in [2.05, 4.69) is 4.72 Å². The molecule has 6 heteroatoms. The fraction of sp³-hybridized carbons (Fsp3) is 0.296. The Kier molecular flexibility index (Phi) is 6.41. The van der Waals surface area contributed by atoms with Crippen molar-refractivity contribution >= 4 is 16.0 Å². The number of benzene rings is 3. The lowest BCUT2D eigenvalue weighted by atomic mass is 9.99. The molecule has 0 heterocycles. The maximum Gasteiger partial charge on any atom is 0.325 e. The van der Waals surface area contributed by atoms with Crippen LogP contribution in [0.4, 0.5) is 0 Å². The predicted octanol–water partition coefficient (Wildman–Crippen LogP) is 4.67. The number of ether oxygens (including phenoxy) is 1. The molecule has 1 atom stereocenters. The van der Waals surface area contributed by atoms with Crippen LogP contribution in [0.2, 0.25) is 0 Å². The summed E-state index contributed by atoms with van der Waals surface area (Å²) in [5, 5.41) is 0. The molecule has 0 amide bonds. The van der Waals surface area contributed by atoms with Crippen LogP contribution >= 0.6 is 0 Å². The first-order valence-corrected chi connectivity index (χ1v) is 12.7. The fourth-order valence-corrected chi connectivity index (χ4v) is 5.83. The third kappa shape index (κ3) is 5.52. The van der Waals surface area contributed by atoms with Gasteiger partial charge in [-0.1, -0.05) is 78.9 Å². The Bertz CT molecular complexity index is 1200. The largest absolute Gasteiger partial charge is 0.459 e. The monoisotopic (exact) mass is 463 g/mol. The summed E-state index contributed by atoms with van der Waals surface area (Å²) >= 11 is 0. The van der Waals surface area contributed by atoms with Gasteiger partial charge in [0.1, 0.15) is 11.6 Å². The normalized spacial score (nSPS) is 14.4. The minimum absolute atomic E-state index is 0.144. The van der Waals surface area contributed by atoms with Gasteiger partial charge in [-0.25, -0.2) is 13.1 Å². The van der Waals surface area contributed by atoms with E-state index in [1.807, 2.05) is 78.9 Å². The van der Waals surface area contributed by atoms with Gasteiger partial charge in [-0.15, -0.1) is 0 Å². The summed E-state index contributed by atoms with van der Waals surface area (Å²) in [6.07, 6.45) is 0.215. The second-order valence-corrected chi connectivity index (χ2v) is 11.2. The van der Waals surface area contributed by atoms with Crippen molar-refractivity contribution in [1.82, 2.24) is 4.72 Å². The zero-order valence-corrected chi connectivity index (χ0v) is 19.9. The van der Waals surface area contributed by atoms with Crippen LogP contribution in [0.1, 0.15) is 43.4 Å². The Morgan fingerprint density at radius 2 is 1.39 bits per heavy atom. The highest BCUT2D eigenvalue weighted by Crippen LogP contribution is 2.44. The number of rotatable bonds is 7. The molecule has 0 bridgehead atoms. The molecular weight excluding hydrogens is 434 g/mol. The molecule has 3 aromatic rings. The molecule has 1 N–H and O–H groups in total. The molecule has 0 unspecified atom stereocenters. The van der Waals surface area contributed by atoms with Crippen molar-refractivity contribution in [2.45, 2.75) is 44.8 Å². The van der Waals surface area contributed by atoms with Crippen LogP contribution < -0.4 is 4.72 Å². The number of hydrogen-bond acceptors (Lipinski definition) is 4. The van der Waals surface area contributed by atoms with Gasteiger partial charge in [0.2, 0.25) is 10.0 Å².